The molecule has 0 spiro atoms. The lowest BCUT2D eigenvalue weighted by molar-refractivity contribution is 0.0795. The van der Waals surface area contributed by atoms with Crippen molar-refractivity contribution in [2.75, 3.05) is 18.9 Å². The standard InChI is InChI=1S/C12H15BrFNO/c1-9-8-10(4-5-11(9)14)12(16)15(2)7-3-6-13/h4-5,8H,3,6-7H2,1-2H3. The summed E-state index contributed by atoms with van der Waals surface area (Å²) >= 11 is 3.32. The third kappa shape index (κ3) is 3.30. The zero-order valence-corrected chi connectivity index (χ0v) is 11.1. The van der Waals surface area contributed by atoms with Gasteiger partial charge < -0.3 is 4.90 Å². The van der Waals surface area contributed by atoms with Crippen LogP contribution in [0.15, 0.2) is 18.2 Å². The van der Waals surface area contributed by atoms with E-state index in [0.29, 0.717) is 17.7 Å². The lowest BCUT2D eigenvalue weighted by atomic mass is 10.1. The average Bonchev–Trinajstić information content (AvgIpc) is 2.28. The van der Waals surface area contributed by atoms with E-state index in [0.717, 1.165) is 11.8 Å². The molecule has 1 aromatic carbocycles. The van der Waals surface area contributed by atoms with Gasteiger partial charge in [0.25, 0.3) is 5.91 Å². The molecule has 0 unspecified atom stereocenters. The van der Waals surface area contributed by atoms with E-state index in [9.17, 15) is 9.18 Å². The highest BCUT2D eigenvalue weighted by Crippen LogP contribution is 2.11. The predicted molar refractivity (Wildman–Crippen MR) is 66.5 cm³/mol. The molecule has 2 nitrogen and oxygen atoms in total. The number of alkyl halides is 1. The number of hydrogen-bond donors (Lipinski definition) is 0. The molecule has 1 amide bonds. The molecule has 4 heteroatoms. The van der Waals surface area contributed by atoms with Gasteiger partial charge in [-0.2, -0.15) is 0 Å². The van der Waals surface area contributed by atoms with E-state index >= 15 is 0 Å². The number of carbonyl (C=O) groups excluding carboxylic acids is 1. The summed E-state index contributed by atoms with van der Waals surface area (Å²) in [6, 6.07) is 4.44. The largest absolute Gasteiger partial charge is 0.342 e. The van der Waals surface area contributed by atoms with Gasteiger partial charge in [-0.25, -0.2) is 4.39 Å². The average molecular weight is 288 g/mol. The highest BCUT2D eigenvalue weighted by atomic mass is 79.9. The molecular weight excluding hydrogens is 273 g/mol. The number of rotatable bonds is 4. The molecule has 0 aliphatic carbocycles. The summed E-state index contributed by atoms with van der Waals surface area (Å²) in [7, 11) is 1.75. The molecule has 0 heterocycles. The summed E-state index contributed by atoms with van der Waals surface area (Å²) in [5, 5.41) is 0.868. The molecule has 0 aromatic heterocycles. The van der Waals surface area contributed by atoms with Gasteiger partial charge in [0.1, 0.15) is 5.82 Å². The van der Waals surface area contributed by atoms with Crippen LogP contribution in [-0.4, -0.2) is 29.7 Å². The van der Waals surface area contributed by atoms with E-state index in [1.54, 1.807) is 24.9 Å². The molecular formula is C12H15BrFNO. The molecule has 0 saturated carbocycles. The van der Waals surface area contributed by atoms with Crippen molar-refractivity contribution in [2.45, 2.75) is 13.3 Å². The van der Waals surface area contributed by atoms with Crippen molar-refractivity contribution in [1.82, 2.24) is 4.90 Å². The number of nitrogens with zero attached hydrogens (tertiary/aromatic N) is 1. The lowest BCUT2D eigenvalue weighted by Crippen LogP contribution is -2.28. The van der Waals surface area contributed by atoms with E-state index in [2.05, 4.69) is 15.9 Å². The van der Waals surface area contributed by atoms with Crippen molar-refractivity contribution in [3.8, 4) is 0 Å². The van der Waals surface area contributed by atoms with Gasteiger partial charge in [-0.3, -0.25) is 4.79 Å². The summed E-state index contributed by atoms with van der Waals surface area (Å²) in [5.41, 5.74) is 1.04. The van der Waals surface area contributed by atoms with Gasteiger partial charge in [0, 0.05) is 24.5 Å². The summed E-state index contributed by atoms with van der Waals surface area (Å²) in [6.07, 6.45) is 0.905. The highest BCUT2D eigenvalue weighted by molar-refractivity contribution is 9.09. The fourth-order valence-corrected chi connectivity index (χ4v) is 1.65. The molecule has 1 aromatic rings. The zero-order chi connectivity index (χ0) is 12.1. The minimum Gasteiger partial charge on any atom is -0.342 e. The Labute approximate surface area is 104 Å². The Kier molecular flexibility index (Phi) is 4.93. The Bertz CT molecular complexity index is 381. The van der Waals surface area contributed by atoms with Crippen LogP contribution in [0, 0.1) is 12.7 Å². The predicted octanol–water partition coefficient (Wildman–Crippen LogP) is 2.99. The van der Waals surface area contributed by atoms with Gasteiger partial charge in [-0.05, 0) is 37.1 Å². The Balaban J connectivity index is 2.76. The number of halogens is 2. The number of benzene rings is 1. The number of aryl methyl sites for hydroxylation is 1. The van der Waals surface area contributed by atoms with Gasteiger partial charge >= 0.3 is 0 Å². The van der Waals surface area contributed by atoms with Gasteiger partial charge in [0.05, 0.1) is 0 Å². The number of amides is 1. The molecule has 88 valence electrons. The molecule has 0 fully saturated rings. The maximum absolute atomic E-state index is 13.0. The molecule has 16 heavy (non-hydrogen) atoms. The van der Waals surface area contributed by atoms with Crippen LogP contribution in [0.3, 0.4) is 0 Å². The third-order valence-electron chi connectivity index (χ3n) is 2.38. The maximum atomic E-state index is 13.0. The first-order chi connectivity index (χ1) is 7.56. The number of carbonyl (C=O) groups is 1. The molecule has 0 radical (unpaired) electrons. The van der Waals surface area contributed by atoms with Crippen LogP contribution in [0.1, 0.15) is 22.3 Å². The van der Waals surface area contributed by atoms with E-state index < -0.39 is 0 Å². The summed E-state index contributed by atoms with van der Waals surface area (Å²) in [6.45, 7) is 2.35. The smallest absolute Gasteiger partial charge is 0.253 e. The minimum atomic E-state index is -0.278. The fraction of sp³-hybridized carbons (Fsp3) is 0.417. The van der Waals surface area contributed by atoms with Crippen LogP contribution in [0.2, 0.25) is 0 Å². The second-order valence-corrected chi connectivity index (χ2v) is 4.53. The monoisotopic (exact) mass is 287 g/mol. The quantitative estimate of drug-likeness (QED) is 0.780. The topological polar surface area (TPSA) is 20.3 Å². The van der Waals surface area contributed by atoms with Crippen molar-refractivity contribution in [1.29, 1.82) is 0 Å². The van der Waals surface area contributed by atoms with Crippen molar-refractivity contribution < 1.29 is 9.18 Å². The summed E-state index contributed by atoms with van der Waals surface area (Å²) in [5.74, 6) is -0.344. The Morgan fingerprint density at radius 3 is 2.75 bits per heavy atom. The van der Waals surface area contributed by atoms with Crippen LogP contribution in [0.4, 0.5) is 4.39 Å². The van der Waals surface area contributed by atoms with Crippen molar-refractivity contribution in [2.24, 2.45) is 0 Å². The van der Waals surface area contributed by atoms with Crippen LogP contribution in [-0.2, 0) is 0 Å². The molecule has 0 aliphatic heterocycles. The Hall–Kier alpha value is -0.900. The van der Waals surface area contributed by atoms with E-state index in [-0.39, 0.29) is 11.7 Å². The second kappa shape index (κ2) is 5.99. The Morgan fingerprint density at radius 1 is 1.50 bits per heavy atom. The first-order valence-electron chi connectivity index (χ1n) is 5.14. The molecule has 1 rings (SSSR count). The molecule has 0 bridgehead atoms. The molecule has 0 aliphatic rings. The molecule has 0 atom stereocenters. The van der Waals surface area contributed by atoms with Crippen LogP contribution in [0.25, 0.3) is 0 Å². The lowest BCUT2D eigenvalue weighted by Gasteiger charge is -2.16. The van der Waals surface area contributed by atoms with Crippen molar-refractivity contribution >= 4 is 21.8 Å². The summed E-state index contributed by atoms with van der Waals surface area (Å²) < 4.78 is 13.0. The van der Waals surface area contributed by atoms with Gasteiger partial charge in [0.15, 0.2) is 0 Å². The minimum absolute atomic E-state index is 0.0657. The first kappa shape index (κ1) is 13.2. The number of hydrogen-bond acceptors (Lipinski definition) is 1. The maximum Gasteiger partial charge on any atom is 0.253 e. The third-order valence-corrected chi connectivity index (χ3v) is 2.94. The van der Waals surface area contributed by atoms with E-state index in [1.165, 1.54) is 12.1 Å². The first-order valence-corrected chi connectivity index (χ1v) is 6.26. The van der Waals surface area contributed by atoms with Crippen LogP contribution < -0.4 is 0 Å². The second-order valence-electron chi connectivity index (χ2n) is 3.73. The van der Waals surface area contributed by atoms with Crippen molar-refractivity contribution in [3.05, 3.63) is 35.1 Å². The highest BCUT2D eigenvalue weighted by Gasteiger charge is 2.12. The van der Waals surface area contributed by atoms with E-state index in [1.807, 2.05) is 0 Å². The van der Waals surface area contributed by atoms with Gasteiger partial charge in [-0.1, -0.05) is 15.9 Å². The van der Waals surface area contributed by atoms with Gasteiger partial charge in [0.2, 0.25) is 0 Å². The van der Waals surface area contributed by atoms with Crippen LogP contribution in [0.5, 0.6) is 0 Å². The van der Waals surface area contributed by atoms with Crippen molar-refractivity contribution in [3.63, 3.8) is 0 Å². The van der Waals surface area contributed by atoms with Gasteiger partial charge in [-0.15, -0.1) is 0 Å². The normalized spacial score (nSPS) is 10.2. The van der Waals surface area contributed by atoms with E-state index in [4.69, 9.17) is 0 Å². The van der Waals surface area contributed by atoms with Crippen LogP contribution >= 0.6 is 15.9 Å². The zero-order valence-electron chi connectivity index (χ0n) is 9.46. The summed E-state index contributed by atoms with van der Waals surface area (Å²) in [4.78, 5) is 13.5. The SMILES string of the molecule is Cc1cc(C(=O)N(C)CCCBr)ccc1F. The molecule has 0 N–H and O–H groups in total. The molecule has 0 saturated heterocycles. The fourth-order valence-electron chi connectivity index (χ4n) is 1.40. The Morgan fingerprint density at radius 2 is 2.19 bits per heavy atom.